The van der Waals surface area contributed by atoms with Crippen molar-refractivity contribution >= 4 is 39.7 Å². The molecule has 0 saturated carbocycles. The molecule has 0 aliphatic heterocycles. The molecule has 0 heterocycles. The average molecular weight is 531 g/mol. The molecule has 0 aromatic carbocycles. The maximum absolute atomic E-state index is 10.6. The van der Waals surface area contributed by atoms with E-state index < -0.39 is 39.7 Å². The van der Waals surface area contributed by atoms with Gasteiger partial charge in [-0.1, -0.05) is 0 Å². The summed E-state index contributed by atoms with van der Waals surface area (Å²) >= 11 is 0. The Morgan fingerprint density at radius 1 is 0.750 bits per heavy atom. The summed E-state index contributed by atoms with van der Waals surface area (Å²) in [6.45, 7) is 24.2. The molecule has 192 valence electrons. The molecule has 0 aliphatic rings. The molecule has 0 radical (unpaired) electrons. The monoisotopic (exact) mass is 530 g/mol. The first-order chi connectivity index (χ1) is 14.4. The van der Waals surface area contributed by atoms with E-state index in [1.165, 1.54) is 6.92 Å². The van der Waals surface area contributed by atoms with Gasteiger partial charge in [0.2, 0.25) is 0 Å². The van der Waals surface area contributed by atoms with Crippen LogP contribution in [-0.2, 0) is 41.1 Å². The fourth-order valence-electron chi connectivity index (χ4n) is 3.09. The molecule has 0 aromatic rings. The van der Waals surface area contributed by atoms with E-state index in [0.29, 0.717) is 32.7 Å². The highest BCUT2D eigenvalue weighted by atomic mass is 28.5. The van der Waals surface area contributed by atoms with E-state index in [9.17, 15) is 4.79 Å². The average Bonchev–Trinajstić information content (AvgIpc) is 2.52. The molecule has 0 aromatic heterocycles. The maximum Gasteiger partial charge on any atom is 0.342 e. The Morgan fingerprint density at radius 3 is 1.84 bits per heavy atom. The first kappa shape index (κ1) is 32.1. The second-order valence-corrected chi connectivity index (χ2v) is 26.5. The van der Waals surface area contributed by atoms with Crippen LogP contribution < -0.4 is 0 Å². The fourth-order valence-corrected chi connectivity index (χ4v) is 20.4. The molecule has 0 fully saturated rings. The summed E-state index contributed by atoms with van der Waals surface area (Å²) in [4.78, 5) is 19.6. The number of carbonyl (C=O) groups is 1. The Hall–Kier alpha value is 0.0575. The van der Waals surface area contributed by atoms with Gasteiger partial charge in [0, 0.05) is 6.92 Å². The Labute approximate surface area is 199 Å². The first-order valence-electron chi connectivity index (χ1n) is 11.1. The summed E-state index contributed by atoms with van der Waals surface area (Å²) in [5.74, 6) is -0.490. The van der Waals surface area contributed by atoms with Crippen molar-refractivity contribution in [2.45, 2.75) is 78.9 Å². The van der Waals surface area contributed by atoms with Crippen molar-refractivity contribution in [1.82, 2.24) is 0 Å². The summed E-state index contributed by atoms with van der Waals surface area (Å²) in [7, 11) is -8.44. The molecule has 2 unspecified atom stereocenters. The molecule has 2 atom stereocenters. The van der Waals surface area contributed by atoms with Crippen LogP contribution in [0.5, 0.6) is 0 Å². The van der Waals surface area contributed by atoms with Gasteiger partial charge in [-0.15, -0.1) is 0 Å². The van der Waals surface area contributed by atoms with E-state index >= 15 is 0 Å². The molecule has 9 nitrogen and oxygen atoms in total. The highest BCUT2D eigenvalue weighted by Gasteiger charge is 2.44. The Bertz CT molecular complexity index is 538. The van der Waals surface area contributed by atoms with Crippen molar-refractivity contribution in [3.63, 3.8) is 0 Å². The minimum atomic E-state index is -2.57. The highest BCUT2D eigenvalue weighted by molar-refractivity contribution is 6.89. The lowest BCUT2D eigenvalue weighted by Gasteiger charge is -2.41. The van der Waals surface area contributed by atoms with E-state index in [1.54, 1.807) is 0 Å². The lowest BCUT2D eigenvalue weighted by molar-refractivity contribution is -0.275. The molecule has 13 heteroatoms. The lowest BCUT2D eigenvalue weighted by atomic mass is 10.4. The van der Waals surface area contributed by atoms with E-state index in [1.807, 2.05) is 6.92 Å². The summed E-state index contributed by atoms with van der Waals surface area (Å²) in [6.07, 6.45) is 0.325. The van der Waals surface area contributed by atoms with Crippen molar-refractivity contribution in [3.05, 3.63) is 0 Å². The lowest BCUT2D eigenvalue weighted by Crippen LogP contribution is -2.59. The van der Waals surface area contributed by atoms with Crippen LogP contribution in [0.25, 0.3) is 0 Å². The summed E-state index contributed by atoms with van der Waals surface area (Å²) in [6, 6.07) is 0. The molecule has 0 bridgehead atoms. The van der Waals surface area contributed by atoms with Gasteiger partial charge in [0.25, 0.3) is 0 Å². The van der Waals surface area contributed by atoms with Crippen LogP contribution in [0.1, 0.15) is 13.8 Å². The first-order valence-corrected chi connectivity index (χ1v) is 23.3. The van der Waals surface area contributed by atoms with Gasteiger partial charge >= 0.3 is 23.1 Å². The van der Waals surface area contributed by atoms with Gasteiger partial charge in [-0.2, -0.15) is 4.89 Å². The van der Waals surface area contributed by atoms with Gasteiger partial charge < -0.3 is 26.6 Å². The molecule has 0 spiro atoms. The highest BCUT2D eigenvalue weighted by Crippen LogP contribution is 2.24. The number of rotatable bonds is 18. The van der Waals surface area contributed by atoms with Crippen LogP contribution >= 0.6 is 0 Å². The maximum atomic E-state index is 10.6. The third-order valence-corrected chi connectivity index (χ3v) is 16.4. The van der Waals surface area contributed by atoms with E-state index in [4.69, 9.17) is 26.6 Å². The SMILES string of the molecule is CC(=O)OOCCOC(C)COCCOC[Si](C)(O[Si](C)(C)C)O[Si](C)(C)O[Si](C)(C)C. The third-order valence-electron chi connectivity index (χ3n) is 3.37. The molecule has 32 heavy (non-hydrogen) atoms. The summed E-state index contributed by atoms with van der Waals surface area (Å²) in [5, 5.41) is 0. The topological polar surface area (TPSA) is 90.9 Å². The minimum absolute atomic E-state index is 0.111. The van der Waals surface area contributed by atoms with Crippen molar-refractivity contribution in [1.29, 1.82) is 0 Å². The zero-order valence-corrected chi connectivity index (χ0v) is 26.0. The van der Waals surface area contributed by atoms with E-state index in [0.717, 1.165) is 0 Å². The Morgan fingerprint density at radius 2 is 1.31 bits per heavy atom. The third kappa shape index (κ3) is 19.5. The van der Waals surface area contributed by atoms with Gasteiger partial charge in [-0.3, -0.25) is 4.89 Å². The molecular weight excluding hydrogens is 485 g/mol. The van der Waals surface area contributed by atoms with Crippen molar-refractivity contribution in [2.24, 2.45) is 0 Å². The van der Waals surface area contributed by atoms with Crippen LogP contribution in [0.3, 0.4) is 0 Å². The van der Waals surface area contributed by atoms with Gasteiger partial charge in [-0.05, 0) is 65.8 Å². The molecule has 0 amide bonds. The quantitative estimate of drug-likeness (QED) is 0.113. The molecule has 0 saturated heterocycles. The smallest absolute Gasteiger partial charge is 0.342 e. The van der Waals surface area contributed by atoms with Gasteiger partial charge in [-0.25, -0.2) is 4.79 Å². The molecule has 0 rings (SSSR count). The van der Waals surface area contributed by atoms with Crippen molar-refractivity contribution in [2.75, 3.05) is 39.3 Å². The fraction of sp³-hybridized carbons (Fsp3) is 0.947. The minimum Gasteiger partial charge on any atom is -0.437 e. The van der Waals surface area contributed by atoms with Crippen LogP contribution in [0.4, 0.5) is 0 Å². The van der Waals surface area contributed by atoms with Crippen molar-refractivity contribution in [3.8, 4) is 0 Å². The predicted octanol–water partition coefficient (Wildman–Crippen LogP) is 3.95. The molecule has 0 aliphatic carbocycles. The number of ether oxygens (including phenoxy) is 3. The Balaban J connectivity index is 4.36. The van der Waals surface area contributed by atoms with Crippen molar-refractivity contribution < 1.29 is 41.1 Å². The van der Waals surface area contributed by atoms with E-state index in [2.05, 4.69) is 68.7 Å². The standard InChI is InChI=1S/C19H46O9Si4/c1-18(23-14-15-24-25-19(2)20)16-21-12-13-22-17-32(11,27-30(6,7)8)28-31(9,10)26-29(3,4)5/h18H,12-17H2,1-11H3. The van der Waals surface area contributed by atoms with E-state index in [-0.39, 0.29) is 12.7 Å². The largest absolute Gasteiger partial charge is 0.437 e. The zero-order chi connectivity index (χ0) is 25.1. The number of hydrogen-bond donors (Lipinski definition) is 0. The molecular formula is C19H46O9Si4. The normalized spacial score (nSPS) is 16.0. The predicted molar refractivity (Wildman–Crippen MR) is 134 cm³/mol. The van der Waals surface area contributed by atoms with Crippen LogP contribution in [0.2, 0.25) is 58.9 Å². The van der Waals surface area contributed by atoms with Crippen LogP contribution in [0.15, 0.2) is 0 Å². The summed E-state index contributed by atoms with van der Waals surface area (Å²) in [5.41, 5.74) is 0. The zero-order valence-electron chi connectivity index (χ0n) is 22.0. The van der Waals surface area contributed by atoms with Gasteiger partial charge in [0.1, 0.15) is 6.61 Å². The molecule has 0 N–H and O–H groups in total. The van der Waals surface area contributed by atoms with Crippen LogP contribution in [0, 0.1) is 0 Å². The number of carbonyl (C=O) groups excluding carboxylic acids is 1. The van der Waals surface area contributed by atoms with Crippen LogP contribution in [-0.4, -0.2) is 85.1 Å². The second-order valence-electron chi connectivity index (χ2n) is 10.3. The number of hydrogen-bond acceptors (Lipinski definition) is 9. The Kier molecular flexibility index (Phi) is 14.5. The van der Waals surface area contributed by atoms with Gasteiger partial charge in [0.15, 0.2) is 16.6 Å². The van der Waals surface area contributed by atoms with Gasteiger partial charge in [0.05, 0.1) is 38.8 Å². The second kappa shape index (κ2) is 14.5. The summed E-state index contributed by atoms with van der Waals surface area (Å²) < 4.78 is 36.5.